The first-order valence-corrected chi connectivity index (χ1v) is 9.41. The number of nitrogens with zero attached hydrogens (tertiary/aromatic N) is 1. The summed E-state index contributed by atoms with van der Waals surface area (Å²) in [6.45, 7) is 1.84. The van der Waals surface area contributed by atoms with Crippen LogP contribution in [0.15, 0.2) is 51.3 Å². The van der Waals surface area contributed by atoms with Crippen LogP contribution in [0.1, 0.15) is 37.0 Å². The maximum absolute atomic E-state index is 13.3. The van der Waals surface area contributed by atoms with Gasteiger partial charge in [-0.3, -0.25) is 4.79 Å². The highest BCUT2D eigenvalue weighted by molar-refractivity contribution is 6.31. The molecule has 1 saturated carbocycles. The number of amides is 1. The Bertz CT molecular complexity index is 1220. The Kier molecular flexibility index (Phi) is 3.91. The largest absolute Gasteiger partial charge is 0.459 e. The van der Waals surface area contributed by atoms with Gasteiger partial charge < -0.3 is 14.2 Å². The molecule has 28 heavy (non-hydrogen) atoms. The van der Waals surface area contributed by atoms with Crippen molar-refractivity contribution in [3.63, 3.8) is 0 Å². The molecular weight excluding hydrogens is 383 g/mol. The monoisotopic (exact) mass is 398 g/mol. The van der Waals surface area contributed by atoms with Crippen LogP contribution in [0.25, 0.3) is 22.1 Å². The third-order valence-corrected chi connectivity index (χ3v) is 5.33. The van der Waals surface area contributed by atoms with Gasteiger partial charge in [-0.15, -0.1) is 0 Å². The zero-order valence-electron chi connectivity index (χ0n) is 14.9. The van der Waals surface area contributed by atoms with Crippen molar-refractivity contribution in [3.05, 3.63) is 65.0 Å². The molecule has 1 amide bonds. The minimum atomic E-state index is -0.327. The minimum absolute atomic E-state index is 0.0388. The third-order valence-electron chi connectivity index (χ3n) is 5.09. The molecule has 1 N–H and O–H groups in total. The first-order valence-electron chi connectivity index (χ1n) is 9.03. The Balaban J connectivity index is 1.28. The molecule has 3 unspecified atom stereocenters. The Morgan fingerprint density at radius 3 is 2.89 bits per heavy atom. The quantitative estimate of drug-likeness (QED) is 0.503. The number of carbonyl (C=O) groups is 1. The number of benzene rings is 2. The fourth-order valence-electron chi connectivity index (χ4n) is 3.47. The maximum Gasteiger partial charge on any atom is 0.224 e. The van der Waals surface area contributed by atoms with E-state index in [1.54, 1.807) is 30.3 Å². The number of fused-ring (bicyclic) bond motifs is 2. The van der Waals surface area contributed by atoms with E-state index in [-0.39, 0.29) is 29.6 Å². The van der Waals surface area contributed by atoms with Crippen molar-refractivity contribution in [2.24, 2.45) is 5.92 Å². The van der Waals surface area contributed by atoms with Gasteiger partial charge in [0.25, 0.3) is 0 Å². The van der Waals surface area contributed by atoms with Crippen molar-refractivity contribution < 1.29 is 18.0 Å². The van der Waals surface area contributed by atoms with E-state index in [1.165, 1.54) is 12.1 Å². The standard InChI is InChI=1S/C21H16ClFN2O3/c1-10(19-7-11-6-13(23)3-5-17(11)27-19)24-20(26)14-9-15(14)21-25-16-8-12(22)2-4-18(16)28-21/h2-8,10,14-15H,9H2,1H3,(H,24,26). The van der Waals surface area contributed by atoms with E-state index in [2.05, 4.69) is 10.3 Å². The summed E-state index contributed by atoms with van der Waals surface area (Å²) in [7, 11) is 0. The molecule has 1 aliphatic carbocycles. The number of rotatable bonds is 4. The van der Waals surface area contributed by atoms with Gasteiger partial charge in [-0.25, -0.2) is 9.37 Å². The highest BCUT2D eigenvalue weighted by Crippen LogP contribution is 2.48. The Labute approximate surface area is 164 Å². The minimum Gasteiger partial charge on any atom is -0.459 e. The van der Waals surface area contributed by atoms with E-state index in [1.807, 2.05) is 6.92 Å². The van der Waals surface area contributed by atoms with Gasteiger partial charge in [0.15, 0.2) is 11.5 Å². The summed E-state index contributed by atoms with van der Waals surface area (Å²) in [4.78, 5) is 17.1. The van der Waals surface area contributed by atoms with Crippen molar-refractivity contribution >= 4 is 39.6 Å². The molecule has 0 radical (unpaired) electrons. The summed E-state index contributed by atoms with van der Waals surface area (Å²) in [5.41, 5.74) is 1.94. The first-order chi connectivity index (χ1) is 13.5. The second kappa shape index (κ2) is 6.34. The van der Waals surface area contributed by atoms with Crippen LogP contribution in [0.2, 0.25) is 5.02 Å². The van der Waals surface area contributed by atoms with E-state index in [0.717, 1.165) is 0 Å². The van der Waals surface area contributed by atoms with E-state index in [4.69, 9.17) is 20.4 Å². The summed E-state index contributed by atoms with van der Waals surface area (Å²) < 4.78 is 24.8. The highest BCUT2D eigenvalue weighted by atomic mass is 35.5. The predicted octanol–water partition coefficient (Wildman–Crippen LogP) is 5.35. The average molecular weight is 399 g/mol. The average Bonchev–Trinajstić information content (AvgIpc) is 3.17. The Hall–Kier alpha value is -2.86. The van der Waals surface area contributed by atoms with Gasteiger partial charge in [0.05, 0.1) is 12.0 Å². The van der Waals surface area contributed by atoms with E-state index < -0.39 is 0 Å². The molecule has 2 aromatic heterocycles. The third kappa shape index (κ3) is 3.03. The molecule has 142 valence electrons. The SMILES string of the molecule is CC(NC(=O)C1CC1c1nc2cc(Cl)ccc2o1)c1cc2cc(F)ccc2o1. The van der Waals surface area contributed by atoms with Crippen molar-refractivity contribution in [2.75, 3.05) is 0 Å². The lowest BCUT2D eigenvalue weighted by Gasteiger charge is -2.10. The van der Waals surface area contributed by atoms with Crippen molar-refractivity contribution in [2.45, 2.75) is 25.3 Å². The van der Waals surface area contributed by atoms with Gasteiger partial charge in [-0.1, -0.05) is 11.6 Å². The van der Waals surface area contributed by atoms with Crippen LogP contribution in [0.3, 0.4) is 0 Å². The molecule has 4 aromatic rings. The summed E-state index contributed by atoms with van der Waals surface area (Å²) in [5, 5.41) is 4.23. The molecule has 3 atom stereocenters. The van der Waals surface area contributed by atoms with Crippen LogP contribution in [0, 0.1) is 11.7 Å². The van der Waals surface area contributed by atoms with Gasteiger partial charge in [0, 0.05) is 16.3 Å². The number of hydrogen-bond donors (Lipinski definition) is 1. The molecule has 1 aliphatic rings. The molecule has 2 aromatic carbocycles. The summed E-state index contributed by atoms with van der Waals surface area (Å²) in [5.74, 6) is 0.518. The number of halogens is 2. The van der Waals surface area contributed by atoms with Gasteiger partial charge in [-0.05, 0) is 55.8 Å². The molecule has 1 fully saturated rings. The first kappa shape index (κ1) is 17.3. The topological polar surface area (TPSA) is 68.3 Å². The fraction of sp³-hybridized carbons (Fsp3) is 0.238. The molecule has 0 saturated heterocycles. The van der Waals surface area contributed by atoms with Gasteiger partial charge >= 0.3 is 0 Å². The number of furan rings is 1. The summed E-state index contributed by atoms with van der Waals surface area (Å²) in [6.07, 6.45) is 0.685. The molecular formula is C21H16ClFN2O3. The normalized spacial score (nSPS) is 19.8. The smallest absolute Gasteiger partial charge is 0.224 e. The van der Waals surface area contributed by atoms with E-state index in [0.29, 0.717) is 45.2 Å². The van der Waals surface area contributed by atoms with Crippen LogP contribution in [-0.2, 0) is 4.79 Å². The molecule has 0 aliphatic heterocycles. The number of hydrogen-bond acceptors (Lipinski definition) is 4. The highest BCUT2D eigenvalue weighted by Gasteiger charge is 2.47. The Morgan fingerprint density at radius 2 is 2.04 bits per heavy atom. The summed E-state index contributed by atoms with van der Waals surface area (Å²) >= 11 is 5.98. The van der Waals surface area contributed by atoms with Crippen molar-refractivity contribution in [3.8, 4) is 0 Å². The lowest BCUT2D eigenvalue weighted by Crippen LogP contribution is -2.28. The van der Waals surface area contributed by atoms with Crippen LogP contribution >= 0.6 is 11.6 Å². The van der Waals surface area contributed by atoms with Crippen LogP contribution < -0.4 is 5.32 Å². The molecule has 5 nitrogen and oxygen atoms in total. The zero-order chi connectivity index (χ0) is 19.4. The maximum atomic E-state index is 13.3. The Morgan fingerprint density at radius 1 is 1.21 bits per heavy atom. The molecule has 0 spiro atoms. The molecule has 7 heteroatoms. The van der Waals surface area contributed by atoms with Crippen molar-refractivity contribution in [1.82, 2.24) is 10.3 Å². The zero-order valence-corrected chi connectivity index (χ0v) is 15.7. The van der Waals surface area contributed by atoms with Crippen LogP contribution in [0.5, 0.6) is 0 Å². The second-order valence-corrected chi connectivity index (χ2v) is 7.61. The lowest BCUT2D eigenvalue weighted by atomic mass is 10.2. The number of oxazole rings is 1. The predicted molar refractivity (Wildman–Crippen MR) is 103 cm³/mol. The van der Waals surface area contributed by atoms with Crippen molar-refractivity contribution in [1.29, 1.82) is 0 Å². The second-order valence-electron chi connectivity index (χ2n) is 7.17. The van der Waals surface area contributed by atoms with Crippen LogP contribution in [-0.4, -0.2) is 10.9 Å². The van der Waals surface area contributed by atoms with E-state index >= 15 is 0 Å². The molecule has 2 heterocycles. The molecule has 0 bridgehead atoms. The number of aromatic nitrogens is 1. The van der Waals surface area contributed by atoms with Gasteiger partial charge in [0.2, 0.25) is 5.91 Å². The van der Waals surface area contributed by atoms with Crippen LogP contribution in [0.4, 0.5) is 4.39 Å². The fourth-order valence-corrected chi connectivity index (χ4v) is 3.64. The molecule has 5 rings (SSSR count). The summed E-state index contributed by atoms with van der Waals surface area (Å²) in [6, 6.07) is 11.0. The number of nitrogens with one attached hydrogen (secondary N) is 1. The van der Waals surface area contributed by atoms with E-state index in [9.17, 15) is 9.18 Å². The van der Waals surface area contributed by atoms with Gasteiger partial charge in [0.1, 0.15) is 22.7 Å². The lowest BCUT2D eigenvalue weighted by molar-refractivity contribution is -0.123. The van der Waals surface area contributed by atoms with Gasteiger partial charge in [-0.2, -0.15) is 0 Å². The number of carbonyl (C=O) groups excluding carboxylic acids is 1.